The average molecular weight is 494 g/mol. The number of hydrogen-bond acceptors (Lipinski definition) is 5. The minimum absolute atomic E-state index is 0.166. The number of rotatable bonds is 9. The quantitative estimate of drug-likeness (QED) is 0.449. The van der Waals surface area contributed by atoms with E-state index in [4.69, 9.17) is 9.47 Å². The number of benzene rings is 2. The summed E-state index contributed by atoms with van der Waals surface area (Å²) in [6.07, 6.45) is 4.06. The molecule has 1 unspecified atom stereocenters. The van der Waals surface area contributed by atoms with E-state index >= 15 is 0 Å². The van der Waals surface area contributed by atoms with E-state index in [2.05, 4.69) is 59.2 Å². The van der Waals surface area contributed by atoms with Crippen molar-refractivity contribution in [1.82, 2.24) is 9.80 Å². The maximum absolute atomic E-state index is 12.4. The molecule has 0 aromatic heterocycles. The van der Waals surface area contributed by atoms with Gasteiger partial charge in [0, 0.05) is 49.4 Å². The Kier molecular flexibility index (Phi) is 8.78. The molecule has 0 bridgehead atoms. The van der Waals surface area contributed by atoms with E-state index in [1.54, 1.807) is 7.11 Å². The van der Waals surface area contributed by atoms with E-state index < -0.39 is 0 Å². The van der Waals surface area contributed by atoms with Gasteiger partial charge < -0.3 is 24.2 Å². The Balaban J connectivity index is 1.44. The second kappa shape index (κ2) is 12.0. The van der Waals surface area contributed by atoms with Crippen LogP contribution in [0.2, 0.25) is 0 Å². The van der Waals surface area contributed by atoms with Crippen LogP contribution in [0.25, 0.3) is 0 Å². The van der Waals surface area contributed by atoms with Crippen molar-refractivity contribution in [2.75, 3.05) is 51.3 Å². The third kappa shape index (κ3) is 5.64. The van der Waals surface area contributed by atoms with Crippen LogP contribution in [0.4, 0.5) is 10.5 Å². The van der Waals surface area contributed by atoms with Crippen LogP contribution in [0.5, 0.6) is 5.75 Å². The Bertz CT molecular complexity index is 1000. The molecule has 2 aliphatic rings. The van der Waals surface area contributed by atoms with Gasteiger partial charge in [-0.25, -0.2) is 4.79 Å². The predicted octanol–water partition coefficient (Wildman–Crippen LogP) is 5.70. The summed E-state index contributed by atoms with van der Waals surface area (Å²) >= 11 is 0. The van der Waals surface area contributed by atoms with Crippen molar-refractivity contribution in [2.45, 2.75) is 64.5 Å². The van der Waals surface area contributed by atoms with E-state index in [0.29, 0.717) is 13.2 Å². The van der Waals surface area contributed by atoms with Gasteiger partial charge in [0.2, 0.25) is 0 Å². The first-order valence-electron chi connectivity index (χ1n) is 13.7. The van der Waals surface area contributed by atoms with Gasteiger partial charge in [-0.05, 0) is 75.9 Å². The fourth-order valence-electron chi connectivity index (χ4n) is 6.16. The topological polar surface area (TPSA) is 45.2 Å². The number of fused-ring (bicyclic) bond motifs is 2. The molecule has 1 amide bonds. The zero-order chi connectivity index (χ0) is 25.5. The van der Waals surface area contributed by atoms with Gasteiger partial charge in [0.15, 0.2) is 0 Å². The van der Waals surface area contributed by atoms with E-state index in [9.17, 15) is 4.79 Å². The molecule has 1 fully saturated rings. The number of hydrogen-bond donors (Lipinski definition) is 0. The van der Waals surface area contributed by atoms with Crippen LogP contribution in [0.15, 0.2) is 48.5 Å². The monoisotopic (exact) mass is 493 g/mol. The summed E-state index contributed by atoms with van der Waals surface area (Å²) in [6, 6.07) is 17.7. The Morgan fingerprint density at radius 3 is 2.56 bits per heavy atom. The number of likely N-dealkylation sites (tertiary alicyclic amines) is 1. The summed E-state index contributed by atoms with van der Waals surface area (Å²) in [5.74, 6) is 0.907. The van der Waals surface area contributed by atoms with Crippen LogP contribution < -0.4 is 9.64 Å². The molecule has 6 heteroatoms. The van der Waals surface area contributed by atoms with Crippen LogP contribution >= 0.6 is 0 Å². The number of nitrogens with zero attached hydrogens (tertiary/aromatic N) is 3. The van der Waals surface area contributed by atoms with Crippen molar-refractivity contribution in [1.29, 1.82) is 0 Å². The summed E-state index contributed by atoms with van der Waals surface area (Å²) in [5.41, 5.74) is 4.38. The molecule has 2 aliphatic heterocycles. The average Bonchev–Trinajstić information content (AvgIpc) is 2.92. The van der Waals surface area contributed by atoms with Gasteiger partial charge in [0.05, 0.1) is 13.7 Å². The summed E-state index contributed by atoms with van der Waals surface area (Å²) in [5, 5.41) is 0. The second-order valence-electron chi connectivity index (χ2n) is 10.2. The summed E-state index contributed by atoms with van der Waals surface area (Å²) < 4.78 is 10.8. The fraction of sp³-hybridized carbons (Fsp3) is 0.567. The molecule has 2 heterocycles. The largest absolute Gasteiger partial charge is 0.497 e. The van der Waals surface area contributed by atoms with Crippen LogP contribution in [0.1, 0.15) is 57.6 Å². The van der Waals surface area contributed by atoms with Gasteiger partial charge in [-0.3, -0.25) is 0 Å². The molecule has 2 aromatic carbocycles. The van der Waals surface area contributed by atoms with Crippen molar-refractivity contribution in [3.8, 4) is 5.75 Å². The maximum atomic E-state index is 12.4. The third-order valence-electron chi connectivity index (χ3n) is 8.21. The normalized spacial score (nSPS) is 17.9. The zero-order valence-electron chi connectivity index (χ0n) is 22.5. The fourth-order valence-corrected chi connectivity index (χ4v) is 6.16. The molecule has 6 nitrogen and oxygen atoms in total. The number of piperidine rings is 1. The van der Waals surface area contributed by atoms with Gasteiger partial charge in [-0.2, -0.15) is 0 Å². The van der Waals surface area contributed by atoms with Gasteiger partial charge in [-0.1, -0.05) is 37.3 Å². The maximum Gasteiger partial charge on any atom is 0.409 e. The van der Waals surface area contributed by atoms with Crippen LogP contribution in [0.3, 0.4) is 0 Å². The summed E-state index contributed by atoms with van der Waals surface area (Å²) in [6.45, 7) is 12.4. The predicted molar refractivity (Wildman–Crippen MR) is 146 cm³/mol. The number of methoxy groups -OCH3 is 1. The SMILES string of the molecule is CCOC(=O)N(CC)C(CC)CCN1CCC2(CC1)CN(c1cccc(OC)c1)Cc1ccccc12. The first kappa shape index (κ1) is 26.3. The number of carbonyl (C=O) groups is 1. The van der Waals surface area contributed by atoms with Crippen molar-refractivity contribution >= 4 is 11.8 Å². The lowest BCUT2D eigenvalue weighted by Gasteiger charge is -2.49. The molecule has 1 atom stereocenters. The van der Waals surface area contributed by atoms with Gasteiger partial charge in [0.1, 0.15) is 5.75 Å². The van der Waals surface area contributed by atoms with Crippen molar-refractivity contribution in [3.05, 3.63) is 59.7 Å². The summed E-state index contributed by atoms with van der Waals surface area (Å²) in [7, 11) is 1.73. The lowest BCUT2D eigenvalue weighted by atomic mass is 9.68. The number of ether oxygens (including phenoxy) is 2. The van der Waals surface area contributed by atoms with Crippen LogP contribution in [-0.4, -0.2) is 68.4 Å². The highest BCUT2D eigenvalue weighted by Gasteiger charge is 2.42. The zero-order valence-corrected chi connectivity index (χ0v) is 22.5. The van der Waals surface area contributed by atoms with Crippen molar-refractivity contribution in [3.63, 3.8) is 0 Å². The second-order valence-corrected chi connectivity index (χ2v) is 10.2. The highest BCUT2D eigenvalue weighted by molar-refractivity contribution is 5.68. The number of anilines is 1. The molecule has 1 saturated heterocycles. The van der Waals surface area contributed by atoms with Gasteiger partial charge in [-0.15, -0.1) is 0 Å². The van der Waals surface area contributed by atoms with E-state index in [0.717, 1.165) is 64.2 Å². The Morgan fingerprint density at radius 2 is 1.86 bits per heavy atom. The summed E-state index contributed by atoms with van der Waals surface area (Å²) in [4.78, 5) is 19.4. The van der Waals surface area contributed by atoms with E-state index in [-0.39, 0.29) is 17.6 Å². The molecule has 4 rings (SSSR count). The van der Waals surface area contributed by atoms with Crippen molar-refractivity contribution < 1.29 is 14.3 Å². The minimum atomic E-state index is -0.180. The van der Waals surface area contributed by atoms with Crippen LogP contribution in [-0.2, 0) is 16.7 Å². The first-order valence-corrected chi connectivity index (χ1v) is 13.7. The first-order chi connectivity index (χ1) is 17.5. The molecule has 0 saturated carbocycles. The molecule has 0 aliphatic carbocycles. The Labute approximate surface area is 217 Å². The molecule has 0 radical (unpaired) electrons. The lowest BCUT2D eigenvalue weighted by molar-refractivity contribution is 0.0827. The minimum Gasteiger partial charge on any atom is -0.497 e. The number of carbonyl (C=O) groups excluding carboxylic acids is 1. The van der Waals surface area contributed by atoms with E-state index in [1.165, 1.54) is 16.8 Å². The molecule has 2 aromatic rings. The van der Waals surface area contributed by atoms with Crippen molar-refractivity contribution in [2.24, 2.45) is 0 Å². The van der Waals surface area contributed by atoms with E-state index in [1.807, 2.05) is 24.8 Å². The Morgan fingerprint density at radius 1 is 1.08 bits per heavy atom. The molecule has 0 N–H and O–H groups in total. The molecule has 1 spiro atoms. The standard InChI is InChI=1S/C30H43N3O3/c1-5-25(33(6-2)29(34)36-7-3)15-18-31-19-16-30(17-20-31)23-32(22-24-11-8-9-14-28(24)30)26-12-10-13-27(21-26)35-4/h8-14,21,25H,5-7,15-20,22-23H2,1-4H3. The molecule has 36 heavy (non-hydrogen) atoms. The smallest absolute Gasteiger partial charge is 0.409 e. The van der Waals surface area contributed by atoms with Gasteiger partial charge in [0.25, 0.3) is 0 Å². The highest BCUT2D eigenvalue weighted by Crippen LogP contribution is 2.43. The highest BCUT2D eigenvalue weighted by atomic mass is 16.6. The molecular weight excluding hydrogens is 450 g/mol. The lowest BCUT2D eigenvalue weighted by Crippen LogP contribution is -2.52. The van der Waals surface area contributed by atoms with Gasteiger partial charge >= 0.3 is 6.09 Å². The molecule has 196 valence electrons. The Hall–Kier alpha value is -2.73. The number of amides is 1. The molecular formula is C30H43N3O3. The third-order valence-corrected chi connectivity index (χ3v) is 8.21. The van der Waals surface area contributed by atoms with Crippen LogP contribution in [0, 0.1) is 0 Å².